The lowest BCUT2D eigenvalue weighted by Gasteiger charge is -2.06. The minimum absolute atomic E-state index is 0.0476. The van der Waals surface area contributed by atoms with Crippen LogP contribution in [0.25, 0.3) is 0 Å². The van der Waals surface area contributed by atoms with Crippen LogP contribution in [0.3, 0.4) is 0 Å². The average molecular weight is 396 g/mol. The Hall–Kier alpha value is -0.930. The van der Waals surface area contributed by atoms with Gasteiger partial charge in [0, 0.05) is 20.1 Å². The lowest BCUT2D eigenvalue weighted by Crippen LogP contribution is -2.02. The van der Waals surface area contributed by atoms with E-state index in [0.717, 1.165) is 20.9 Å². The molecular weight excluding hydrogens is 380 g/mol. The summed E-state index contributed by atoms with van der Waals surface area (Å²) in [5.41, 5.74) is 2.71. The number of hydrogen-bond donors (Lipinski definition) is 0. The predicted molar refractivity (Wildman–Crippen MR) is 90.3 cm³/mol. The molecule has 2 aromatic rings. The minimum atomic E-state index is 0.0476. The summed E-state index contributed by atoms with van der Waals surface area (Å²) < 4.78 is 1.77. The molecule has 0 amide bonds. The molecule has 2 aromatic carbocycles. The molecule has 0 bridgehead atoms. The fraction of sp³-hybridized carbons (Fsp3) is 0.235. The van der Waals surface area contributed by atoms with E-state index in [-0.39, 0.29) is 5.78 Å². The number of rotatable bonds is 5. The summed E-state index contributed by atoms with van der Waals surface area (Å²) in [5.74, 6) is 0.0476. The van der Waals surface area contributed by atoms with Crippen LogP contribution in [0.5, 0.6) is 0 Å². The monoisotopic (exact) mass is 394 g/mol. The standard InChI is InChI=1S/C17H16Br2O/c1-2-3-4-12-5-7-13(8-6-12)17(20)15-10-9-14(18)11-16(15)19/h5-11H,2-4H2,1H3. The number of halogens is 2. The van der Waals surface area contributed by atoms with E-state index in [0.29, 0.717) is 5.56 Å². The first-order chi connectivity index (χ1) is 9.61. The SMILES string of the molecule is CCCCc1ccc(C(=O)c2ccc(Br)cc2Br)cc1. The summed E-state index contributed by atoms with van der Waals surface area (Å²) >= 11 is 6.84. The molecular formula is C17H16Br2O. The lowest BCUT2D eigenvalue weighted by molar-refractivity contribution is 0.103. The van der Waals surface area contributed by atoms with Crippen molar-refractivity contribution in [3.63, 3.8) is 0 Å². The van der Waals surface area contributed by atoms with Gasteiger partial charge in [-0.15, -0.1) is 0 Å². The zero-order chi connectivity index (χ0) is 14.5. The Morgan fingerprint density at radius 2 is 1.75 bits per heavy atom. The van der Waals surface area contributed by atoms with E-state index in [9.17, 15) is 4.79 Å². The Kier molecular flexibility index (Phi) is 5.55. The molecule has 2 rings (SSSR count). The molecule has 104 valence electrons. The zero-order valence-electron chi connectivity index (χ0n) is 11.3. The third-order valence-electron chi connectivity index (χ3n) is 3.21. The van der Waals surface area contributed by atoms with Crippen LogP contribution in [0, 0.1) is 0 Å². The van der Waals surface area contributed by atoms with E-state index >= 15 is 0 Å². The summed E-state index contributed by atoms with van der Waals surface area (Å²) in [5, 5.41) is 0. The van der Waals surface area contributed by atoms with Crippen LogP contribution in [-0.2, 0) is 6.42 Å². The van der Waals surface area contributed by atoms with Crippen LogP contribution >= 0.6 is 31.9 Å². The van der Waals surface area contributed by atoms with Gasteiger partial charge in [0.1, 0.15) is 0 Å². The predicted octanol–water partition coefficient (Wildman–Crippen LogP) is 5.79. The van der Waals surface area contributed by atoms with Crippen molar-refractivity contribution < 1.29 is 4.79 Å². The number of aryl methyl sites for hydroxylation is 1. The summed E-state index contributed by atoms with van der Waals surface area (Å²) in [4.78, 5) is 12.5. The van der Waals surface area contributed by atoms with E-state index in [1.54, 1.807) is 0 Å². The van der Waals surface area contributed by atoms with Crippen molar-refractivity contribution in [3.05, 3.63) is 68.1 Å². The molecule has 1 nitrogen and oxygen atoms in total. The molecule has 0 saturated heterocycles. The van der Waals surface area contributed by atoms with Gasteiger partial charge >= 0.3 is 0 Å². The fourth-order valence-electron chi connectivity index (χ4n) is 2.03. The Labute approximate surface area is 136 Å². The molecule has 0 aliphatic heterocycles. The number of benzene rings is 2. The van der Waals surface area contributed by atoms with Gasteiger partial charge < -0.3 is 0 Å². The first kappa shape index (κ1) is 15.5. The Balaban J connectivity index is 2.20. The molecule has 0 atom stereocenters. The number of carbonyl (C=O) groups excluding carboxylic acids is 1. The van der Waals surface area contributed by atoms with E-state index in [2.05, 4.69) is 50.9 Å². The van der Waals surface area contributed by atoms with Gasteiger partial charge in [0.05, 0.1) is 0 Å². The van der Waals surface area contributed by atoms with Crippen LogP contribution in [0.15, 0.2) is 51.4 Å². The second-order valence-electron chi connectivity index (χ2n) is 4.75. The van der Waals surface area contributed by atoms with E-state index in [4.69, 9.17) is 0 Å². The maximum Gasteiger partial charge on any atom is 0.194 e. The largest absolute Gasteiger partial charge is 0.289 e. The smallest absolute Gasteiger partial charge is 0.194 e. The third kappa shape index (κ3) is 3.80. The Bertz CT molecular complexity index is 603. The Morgan fingerprint density at radius 1 is 1.05 bits per heavy atom. The van der Waals surface area contributed by atoms with Crippen molar-refractivity contribution in [3.8, 4) is 0 Å². The number of hydrogen-bond acceptors (Lipinski definition) is 1. The van der Waals surface area contributed by atoms with Gasteiger partial charge in [-0.3, -0.25) is 4.79 Å². The molecule has 0 heterocycles. The molecule has 0 fully saturated rings. The van der Waals surface area contributed by atoms with Crippen LogP contribution < -0.4 is 0 Å². The summed E-state index contributed by atoms with van der Waals surface area (Å²) in [6.07, 6.45) is 3.45. The van der Waals surface area contributed by atoms with Crippen molar-refractivity contribution in [2.45, 2.75) is 26.2 Å². The molecule has 0 radical (unpaired) electrons. The van der Waals surface area contributed by atoms with Crippen molar-refractivity contribution in [2.75, 3.05) is 0 Å². The van der Waals surface area contributed by atoms with Crippen molar-refractivity contribution in [1.29, 1.82) is 0 Å². The normalized spacial score (nSPS) is 10.6. The lowest BCUT2D eigenvalue weighted by atomic mass is 10.0. The first-order valence-corrected chi connectivity index (χ1v) is 8.29. The van der Waals surface area contributed by atoms with E-state index < -0.39 is 0 Å². The van der Waals surface area contributed by atoms with Gasteiger partial charge in [-0.1, -0.05) is 53.5 Å². The fourth-order valence-corrected chi connectivity index (χ4v) is 3.26. The minimum Gasteiger partial charge on any atom is -0.289 e. The quantitative estimate of drug-likeness (QED) is 0.586. The summed E-state index contributed by atoms with van der Waals surface area (Å²) in [6.45, 7) is 2.18. The Morgan fingerprint density at radius 3 is 2.35 bits per heavy atom. The van der Waals surface area contributed by atoms with Gasteiger partial charge in [-0.2, -0.15) is 0 Å². The summed E-state index contributed by atoms with van der Waals surface area (Å²) in [6, 6.07) is 13.5. The highest BCUT2D eigenvalue weighted by atomic mass is 79.9. The highest BCUT2D eigenvalue weighted by Gasteiger charge is 2.12. The van der Waals surface area contributed by atoms with Gasteiger partial charge in [-0.05, 0) is 52.5 Å². The van der Waals surface area contributed by atoms with Gasteiger partial charge in [-0.25, -0.2) is 0 Å². The molecule has 0 unspecified atom stereocenters. The number of ketones is 1. The first-order valence-electron chi connectivity index (χ1n) is 6.70. The van der Waals surface area contributed by atoms with Crippen molar-refractivity contribution in [2.24, 2.45) is 0 Å². The number of unbranched alkanes of at least 4 members (excludes halogenated alkanes) is 1. The molecule has 0 aliphatic rings. The van der Waals surface area contributed by atoms with Gasteiger partial charge in [0.2, 0.25) is 0 Å². The average Bonchev–Trinajstić information content (AvgIpc) is 2.45. The van der Waals surface area contributed by atoms with E-state index in [1.807, 2.05) is 30.3 Å². The topological polar surface area (TPSA) is 17.1 Å². The highest BCUT2D eigenvalue weighted by Crippen LogP contribution is 2.24. The molecule has 3 heteroatoms. The number of carbonyl (C=O) groups is 1. The second-order valence-corrected chi connectivity index (χ2v) is 6.52. The van der Waals surface area contributed by atoms with Gasteiger partial charge in [0.15, 0.2) is 5.78 Å². The van der Waals surface area contributed by atoms with Crippen LogP contribution in [0.2, 0.25) is 0 Å². The second kappa shape index (κ2) is 7.19. The molecule has 0 saturated carbocycles. The van der Waals surface area contributed by atoms with Gasteiger partial charge in [0.25, 0.3) is 0 Å². The summed E-state index contributed by atoms with van der Waals surface area (Å²) in [7, 11) is 0. The van der Waals surface area contributed by atoms with Crippen molar-refractivity contribution in [1.82, 2.24) is 0 Å². The van der Waals surface area contributed by atoms with Crippen LogP contribution in [0.4, 0.5) is 0 Å². The van der Waals surface area contributed by atoms with Crippen LogP contribution in [0.1, 0.15) is 41.3 Å². The maximum atomic E-state index is 12.5. The zero-order valence-corrected chi connectivity index (χ0v) is 14.5. The molecule has 20 heavy (non-hydrogen) atoms. The van der Waals surface area contributed by atoms with E-state index in [1.165, 1.54) is 18.4 Å². The van der Waals surface area contributed by atoms with Crippen molar-refractivity contribution >= 4 is 37.6 Å². The highest BCUT2D eigenvalue weighted by molar-refractivity contribution is 9.11. The third-order valence-corrected chi connectivity index (χ3v) is 4.36. The molecule has 0 aromatic heterocycles. The maximum absolute atomic E-state index is 12.5. The molecule has 0 aliphatic carbocycles. The molecule has 0 N–H and O–H groups in total. The van der Waals surface area contributed by atoms with Crippen LogP contribution in [-0.4, -0.2) is 5.78 Å². The molecule has 0 spiro atoms.